The van der Waals surface area contributed by atoms with Gasteiger partial charge in [-0.15, -0.1) is 0 Å². The number of H-pyrrole nitrogens is 1. The van der Waals surface area contributed by atoms with E-state index in [1.807, 2.05) is 31.6 Å². The van der Waals surface area contributed by atoms with Crippen LogP contribution in [0.3, 0.4) is 0 Å². The molecule has 32 heavy (non-hydrogen) atoms. The molecule has 0 amide bonds. The van der Waals surface area contributed by atoms with Crippen molar-refractivity contribution in [1.29, 1.82) is 0 Å². The summed E-state index contributed by atoms with van der Waals surface area (Å²) in [5.41, 5.74) is 3.29. The number of aliphatic imine (C=N–C) groups is 1. The molecule has 0 fully saturated rings. The molecule has 0 aliphatic carbocycles. The number of nitrogens with zero attached hydrogens (tertiary/aromatic N) is 3. The van der Waals surface area contributed by atoms with Gasteiger partial charge in [0, 0.05) is 62.1 Å². The third-order valence-corrected chi connectivity index (χ3v) is 5.36. The Morgan fingerprint density at radius 1 is 1.12 bits per heavy atom. The predicted molar refractivity (Wildman–Crippen MR) is 127 cm³/mol. The monoisotopic (exact) mass is 432 g/mol. The Morgan fingerprint density at radius 2 is 2.00 bits per heavy atom. The first-order chi connectivity index (χ1) is 15.7. The molecule has 2 aromatic carbocycles. The highest BCUT2D eigenvalue weighted by molar-refractivity contribution is 5.83. The third-order valence-electron chi connectivity index (χ3n) is 5.36. The molecule has 0 atom stereocenters. The maximum Gasteiger partial charge on any atom is 0.191 e. The normalized spacial score (nSPS) is 11.8. The van der Waals surface area contributed by atoms with Crippen molar-refractivity contribution in [3.63, 3.8) is 0 Å². The molecular weight excluding hydrogens is 403 g/mol. The molecule has 3 N–H and O–H groups in total. The highest BCUT2D eigenvalue weighted by atomic mass is 19.1. The van der Waals surface area contributed by atoms with Crippen LogP contribution in [0.15, 0.2) is 72.1 Å². The van der Waals surface area contributed by atoms with Gasteiger partial charge in [-0.2, -0.15) is 0 Å². The summed E-state index contributed by atoms with van der Waals surface area (Å²) in [6.45, 7) is 4.99. The molecule has 7 heteroatoms. The second-order valence-electron chi connectivity index (χ2n) is 7.65. The Hall–Kier alpha value is -3.61. The first kappa shape index (κ1) is 21.6. The van der Waals surface area contributed by atoms with Gasteiger partial charge in [0.15, 0.2) is 5.96 Å². The van der Waals surface area contributed by atoms with Crippen LogP contribution in [-0.4, -0.2) is 40.1 Å². The smallest absolute Gasteiger partial charge is 0.191 e. The number of aromatic nitrogens is 3. The number of guanidine groups is 1. The first-order valence-electron chi connectivity index (χ1n) is 11.0. The molecule has 0 saturated heterocycles. The van der Waals surface area contributed by atoms with E-state index in [0.717, 1.165) is 54.2 Å². The van der Waals surface area contributed by atoms with E-state index in [1.165, 1.54) is 11.6 Å². The summed E-state index contributed by atoms with van der Waals surface area (Å²) in [6.07, 6.45) is 7.34. The highest BCUT2D eigenvalue weighted by Gasteiger charge is 2.07. The molecule has 0 saturated carbocycles. The van der Waals surface area contributed by atoms with Gasteiger partial charge in [0.25, 0.3) is 0 Å². The minimum absolute atomic E-state index is 0.216. The van der Waals surface area contributed by atoms with E-state index in [-0.39, 0.29) is 5.82 Å². The van der Waals surface area contributed by atoms with Crippen molar-refractivity contribution in [3.8, 4) is 0 Å². The zero-order valence-electron chi connectivity index (χ0n) is 18.3. The van der Waals surface area contributed by atoms with E-state index in [1.54, 1.807) is 12.1 Å². The van der Waals surface area contributed by atoms with Crippen LogP contribution in [0, 0.1) is 5.82 Å². The Morgan fingerprint density at radius 3 is 2.84 bits per heavy atom. The molecule has 0 aliphatic heterocycles. The molecule has 0 unspecified atom stereocenters. The fourth-order valence-corrected chi connectivity index (χ4v) is 3.77. The number of rotatable bonds is 9. The fourth-order valence-electron chi connectivity index (χ4n) is 3.77. The van der Waals surface area contributed by atoms with Crippen LogP contribution in [0.2, 0.25) is 0 Å². The maximum atomic E-state index is 13.6. The van der Waals surface area contributed by atoms with Crippen molar-refractivity contribution >= 4 is 16.9 Å². The third kappa shape index (κ3) is 5.55. The summed E-state index contributed by atoms with van der Waals surface area (Å²) in [7, 11) is 0. The average molecular weight is 433 g/mol. The van der Waals surface area contributed by atoms with Gasteiger partial charge < -0.3 is 20.2 Å². The fraction of sp³-hybridized carbons (Fsp3) is 0.280. The molecule has 4 rings (SSSR count). The number of fused-ring (bicyclic) bond motifs is 1. The van der Waals surface area contributed by atoms with Crippen molar-refractivity contribution in [2.75, 3.05) is 19.6 Å². The Labute approximate surface area is 187 Å². The largest absolute Gasteiger partial charge is 0.361 e. The van der Waals surface area contributed by atoms with Crippen LogP contribution in [-0.2, 0) is 19.4 Å². The summed E-state index contributed by atoms with van der Waals surface area (Å²) in [5, 5.41) is 7.59. The second-order valence-corrected chi connectivity index (χ2v) is 7.65. The van der Waals surface area contributed by atoms with Gasteiger partial charge >= 0.3 is 0 Å². The van der Waals surface area contributed by atoms with E-state index in [9.17, 15) is 4.39 Å². The van der Waals surface area contributed by atoms with Crippen molar-refractivity contribution in [1.82, 2.24) is 25.2 Å². The molecule has 6 nitrogen and oxygen atoms in total. The molecule has 0 bridgehead atoms. The number of hydrogen-bond donors (Lipinski definition) is 3. The summed E-state index contributed by atoms with van der Waals surface area (Å²) in [6, 6.07) is 15.2. The Kier molecular flexibility index (Phi) is 7.17. The molecule has 166 valence electrons. The van der Waals surface area contributed by atoms with E-state index in [4.69, 9.17) is 4.99 Å². The molecule has 0 aliphatic rings. The van der Waals surface area contributed by atoms with Crippen LogP contribution in [0.25, 0.3) is 10.9 Å². The van der Waals surface area contributed by atoms with E-state index in [0.29, 0.717) is 13.1 Å². The van der Waals surface area contributed by atoms with E-state index >= 15 is 0 Å². The summed E-state index contributed by atoms with van der Waals surface area (Å²) in [5.74, 6) is 1.58. The van der Waals surface area contributed by atoms with Crippen LogP contribution in [0.5, 0.6) is 0 Å². The molecule has 0 spiro atoms. The van der Waals surface area contributed by atoms with Gasteiger partial charge in [0.1, 0.15) is 11.6 Å². The van der Waals surface area contributed by atoms with Crippen molar-refractivity contribution in [2.24, 2.45) is 4.99 Å². The summed E-state index contributed by atoms with van der Waals surface area (Å²) < 4.78 is 15.8. The number of hydrogen-bond acceptors (Lipinski definition) is 2. The lowest BCUT2D eigenvalue weighted by atomic mass is 10.1. The van der Waals surface area contributed by atoms with Crippen molar-refractivity contribution in [2.45, 2.75) is 26.3 Å². The van der Waals surface area contributed by atoms with Crippen LogP contribution in [0.1, 0.15) is 23.9 Å². The maximum absolute atomic E-state index is 13.6. The van der Waals surface area contributed by atoms with Gasteiger partial charge in [0.05, 0.1) is 0 Å². The minimum atomic E-state index is -0.216. The Balaban J connectivity index is 1.32. The van der Waals surface area contributed by atoms with Crippen LogP contribution >= 0.6 is 0 Å². The van der Waals surface area contributed by atoms with Crippen molar-refractivity contribution in [3.05, 3.63) is 89.9 Å². The second kappa shape index (κ2) is 10.6. The molecule has 2 aromatic heterocycles. The van der Waals surface area contributed by atoms with E-state index < -0.39 is 0 Å². The van der Waals surface area contributed by atoms with Gasteiger partial charge in [-0.25, -0.2) is 9.37 Å². The molecule has 4 aromatic rings. The van der Waals surface area contributed by atoms with Gasteiger partial charge in [0.2, 0.25) is 0 Å². The van der Waals surface area contributed by atoms with Gasteiger partial charge in [-0.1, -0.05) is 30.3 Å². The highest BCUT2D eigenvalue weighted by Crippen LogP contribution is 2.19. The standard InChI is InChI=1S/C25H29FN6/c1-2-27-25(29-12-10-20-17-31-23-9-8-21(26)16-22(20)23)30-13-11-24-28-14-15-32(24)18-19-6-4-3-5-7-19/h3-9,14-17,31H,2,10-13,18H2,1H3,(H2,27,29,30). The number of imidazole rings is 1. The quantitative estimate of drug-likeness (QED) is 0.278. The zero-order chi connectivity index (χ0) is 22.2. The van der Waals surface area contributed by atoms with Gasteiger partial charge in [-0.05, 0) is 42.7 Å². The number of halogens is 1. The molecule has 0 radical (unpaired) electrons. The minimum Gasteiger partial charge on any atom is -0.361 e. The number of aromatic amines is 1. The SMILES string of the molecule is CCNC(=NCCc1nccn1Cc1ccccc1)NCCc1c[nH]c2ccc(F)cc12. The summed E-state index contributed by atoms with van der Waals surface area (Å²) in [4.78, 5) is 12.4. The molecule has 2 heterocycles. The average Bonchev–Trinajstić information content (AvgIpc) is 3.41. The number of nitrogens with one attached hydrogen (secondary N) is 3. The number of benzene rings is 2. The lowest BCUT2D eigenvalue weighted by molar-refractivity contribution is 0.629. The summed E-state index contributed by atoms with van der Waals surface area (Å²) >= 11 is 0. The van der Waals surface area contributed by atoms with Crippen molar-refractivity contribution < 1.29 is 4.39 Å². The Bertz CT molecular complexity index is 1160. The predicted octanol–water partition coefficient (Wildman–Crippen LogP) is 3.89. The van der Waals surface area contributed by atoms with Gasteiger partial charge in [-0.3, -0.25) is 4.99 Å². The lowest BCUT2D eigenvalue weighted by Crippen LogP contribution is -2.38. The lowest BCUT2D eigenvalue weighted by Gasteiger charge is -2.11. The topological polar surface area (TPSA) is 70.0 Å². The van der Waals surface area contributed by atoms with E-state index in [2.05, 4.69) is 49.4 Å². The zero-order valence-corrected chi connectivity index (χ0v) is 18.3. The first-order valence-corrected chi connectivity index (χ1v) is 11.0. The van der Waals surface area contributed by atoms with Crippen LogP contribution < -0.4 is 10.6 Å². The molecular formula is C25H29FN6. The van der Waals surface area contributed by atoms with Crippen LogP contribution in [0.4, 0.5) is 4.39 Å².